The predicted molar refractivity (Wildman–Crippen MR) is 107 cm³/mol. The maximum absolute atomic E-state index is 13.2. The minimum Gasteiger partial charge on any atom is -0.491 e. The van der Waals surface area contributed by atoms with E-state index in [4.69, 9.17) is 4.74 Å². The standard InChI is InChI=1S/C23H29NO2/c1-4-18(3)26-21-13-11-20(12-14-21)24-22(25)23(15-5-6-16-23)19-9-7-17(2)8-10-19/h7-14,18H,4-6,15-16H2,1-3H3,(H,24,25)/t18-/m1/s1. The zero-order chi connectivity index (χ0) is 18.6. The van der Waals surface area contributed by atoms with Crippen molar-refractivity contribution in [3.05, 3.63) is 59.7 Å². The van der Waals surface area contributed by atoms with E-state index in [1.807, 2.05) is 24.3 Å². The molecule has 1 saturated carbocycles. The average Bonchev–Trinajstić information content (AvgIpc) is 3.15. The molecule has 0 bridgehead atoms. The van der Waals surface area contributed by atoms with E-state index in [0.717, 1.165) is 49.1 Å². The Hall–Kier alpha value is -2.29. The maximum Gasteiger partial charge on any atom is 0.235 e. The Morgan fingerprint density at radius 2 is 1.69 bits per heavy atom. The molecule has 2 aromatic carbocycles. The van der Waals surface area contributed by atoms with Crippen LogP contribution in [-0.2, 0) is 10.2 Å². The molecule has 1 amide bonds. The van der Waals surface area contributed by atoms with E-state index in [9.17, 15) is 4.79 Å². The summed E-state index contributed by atoms with van der Waals surface area (Å²) in [4.78, 5) is 13.2. The van der Waals surface area contributed by atoms with Gasteiger partial charge in [-0.15, -0.1) is 0 Å². The minimum atomic E-state index is -0.403. The summed E-state index contributed by atoms with van der Waals surface area (Å²) in [5.41, 5.74) is 2.78. The number of nitrogens with one attached hydrogen (secondary N) is 1. The van der Waals surface area contributed by atoms with Gasteiger partial charge in [0.05, 0.1) is 11.5 Å². The number of amides is 1. The summed E-state index contributed by atoms with van der Waals surface area (Å²) in [5, 5.41) is 3.14. The van der Waals surface area contributed by atoms with Crippen molar-refractivity contribution in [1.82, 2.24) is 0 Å². The van der Waals surface area contributed by atoms with Gasteiger partial charge in [-0.25, -0.2) is 0 Å². The van der Waals surface area contributed by atoms with Gasteiger partial charge in [-0.1, -0.05) is 49.6 Å². The molecule has 3 rings (SSSR count). The molecule has 0 radical (unpaired) electrons. The Labute approximate surface area is 156 Å². The molecule has 3 nitrogen and oxygen atoms in total. The summed E-state index contributed by atoms with van der Waals surface area (Å²) in [6.45, 7) is 6.24. The average molecular weight is 351 g/mol. The summed E-state index contributed by atoms with van der Waals surface area (Å²) in [5.74, 6) is 0.945. The van der Waals surface area contributed by atoms with E-state index in [1.165, 1.54) is 5.56 Å². The molecule has 0 heterocycles. The van der Waals surface area contributed by atoms with Gasteiger partial charge in [0.25, 0.3) is 0 Å². The van der Waals surface area contributed by atoms with E-state index in [-0.39, 0.29) is 12.0 Å². The van der Waals surface area contributed by atoms with Crippen molar-refractivity contribution in [2.75, 3.05) is 5.32 Å². The number of aryl methyl sites for hydroxylation is 1. The third-order valence-electron chi connectivity index (χ3n) is 5.52. The van der Waals surface area contributed by atoms with Gasteiger partial charge in [0.15, 0.2) is 0 Å². The largest absolute Gasteiger partial charge is 0.491 e. The molecule has 138 valence electrons. The second kappa shape index (κ2) is 7.94. The Morgan fingerprint density at radius 1 is 1.08 bits per heavy atom. The molecule has 1 aliphatic rings. The van der Waals surface area contributed by atoms with E-state index in [2.05, 4.69) is 50.4 Å². The Balaban J connectivity index is 1.75. The zero-order valence-electron chi connectivity index (χ0n) is 16.0. The molecule has 0 unspecified atom stereocenters. The smallest absolute Gasteiger partial charge is 0.235 e. The fourth-order valence-electron chi connectivity index (χ4n) is 3.68. The fourth-order valence-corrected chi connectivity index (χ4v) is 3.68. The van der Waals surface area contributed by atoms with Crippen LogP contribution in [-0.4, -0.2) is 12.0 Å². The molecular weight excluding hydrogens is 322 g/mol. The van der Waals surface area contributed by atoms with Crippen molar-refractivity contribution < 1.29 is 9.53 Å². The second-order valence-electron chi connectivity index (χ2n) is 7.47. The summed E-state index contributed by atoms with van der Waals surface area (Å²) < 4.78 is 5.81. The molecule has 1 fully saturated rings. The number of benzene rings is 2. The van der Waals surface area contributed by atoms with Crippen LogP contribution < -0.4 is 10.1 Å². The molecule has 1 N–H and O–H groups in total. The Kier molecular flexibility index (Phi) is 5.65. The van der Waals surface area contributed by atoms with Crippen molar-refractivity contribution in [2.24, 2.45) is 0 Å². The molecule has 3 heteroatoms. The lowest BCUT2D eigenvalue weighted by molar-refractivity contribution is -0.121. The molecule has 0 spiro atoms. The highest BCUT2D eigenvalue weighted by molar-refractivity contribution is 5.99. The van der Waals surface area contributed by atoms with Crippen LogP contribution in [0, 0.1) is 6.92 Å². The van der Waals surface area contributed by atoms with E-state index in [0.29, 0.717) is 0 Å². The van der Waals surface area contributed by atoms with Gasteiger partial charge in [-0.3, -0.25) is 4.79 Å². The quantitative estimate of drug-likeness (QED) is 0.733. The topological polar surface area (TPSA) is 38.3 Å². The number of carbonyl (C=O) groups excluding carboxylic acids is 1. The third kappa shape index (κ3) is 3.92. The first-order chi connectivity index (χ1) is 12.5. The van der Waals surface area contributed by atoms with E-state index in [1.54, 1.807) is 0 Å². The van der Waals surface area contributed by atoms with Gasteiger partial charge >= 0.3 is 0 Å². The summed E-state index contributed by atoms with van der Waals surface area (Å²) >= 11 is 0. The predicted octanol–water partition coefficient (Wildman–Crippen LogP) is 5.62. The van der Waals surface area contributed by atoms with Crippen LogP contribution in [0.25, 0.3) is 0 Å². The maximum atomic E-state index is 13.2. The molecule has 1 aliphatic carbocycles. The molecule has 0 saturated heterocycles. The second-order valence-corrected chi connectivity index (χ2v) is 7.47. The van der Waals surface area contributed by atoms with Crippen LogP contribution in [0.2, 0.25) is 0 Å². The number of hydrogen-bond acceptors (Lipinski definition) is 2. The van der Waals surface area contributed by atoms with Crippen LogP contribution in [0.4, 0.5) is 5.69 Å². The van der Waals surface area contributed by atoms with Crippen LogP contribution >= 0.6 is 0 Å². The number of hydrogen-bond donors (Lipinski definition) is 1. The van der Waals surface area contributed by atoms with Crippen molar-refractivity contribution in [3.63, 3.8) is 0 Å². The van der Waals surface area contributed by atoms with Gasteiger partial charge in [-0.05, 0) is 62.9 Å². The van der Waals surface area contributed by atoms with Crippen LogP contribution in [0.15, 0.2) is 48.5 Å². The number of rotatable bonds is 6. The van der Waals surface area contributed by atoms with Crippen LogP contribution in [0.1, 0.15) is 57.1 Å². The number of ether oxygens (including phenoxy) is 1. The van der Waals surface area contributed by atoms with Gasteiger partial charge in [0, 0.05) is 5.69 Å². The molecular formula is C23H29NO2. The highest BCUT2D eigenvalue weighted by Crippen LogP contribution is 2.42. The van der Waals surface area contributed by atoms with Crippen molar-refractivity contribution in [2.45, 2.75) is 64.4 Å². The monoisotopic (exact) mass is 351 g/mol. The SMILES string of the molecule is CC[C@@H](C)Oc1ccc(NC(=O)C2(c3ccc(C)cc3)CCCC2)cc1. The lowest BCUT2D eigenvalue weighted by atomic mass is 9.77. The van der Waals surface area contributed by atoms with Crippen molar-refractivity contribution >= 4 is 11.6 Å². The molecule has 2 aromatic rings. The normalized spacial score (nSPS) is 16.9. The van der Waals surface area contributed by atoms with Crippen molar-refractivity contribution in [1.29, 1.82) is 0 Å². The van der Waals surface area contributed by atoms with Crippen molar-refractivity contribution in [3.8, 4) is 5.75 Å². The minimum absolute atomic E-state index is 0.106. The van der Waals surface area contributed by atoms with Gasteiger partial charge < -0.3 is 10.1 Å². The Bertz CT molecular complexity index is 728. The first kappa shape index (κ1) is 18.5. The van der Waals surface area contributed by atoms with Gasteiger partial charge in [0.1, 0.15) is 5.75 Å². The number of anilines is 1. The zero-order valence-corrected chi connectivity index (χ0v) is 16.0. The van der Waals surface area contributed by atoms with Gasteiger partial charge in [-0.2, -0.15) is 0 Å². The van der Waals surface area contributed by atoms with Gasteiger partial charge in [0.2, 0.25) is 5.91 Å². The van der Waals surface area contributed by atoms with E-state index >= 15 is 0 Å². The summed E-state index contributed by atoms with van der Waals surface area (Å²) in [6, 6.07) is 16.1. The summed E-state index contributed by atoms with van der Waals surface area (Å²) in [6.07, 6.45) is 5.19. The molecule has 0 aliphatic heterocycles. The highest BCUT2D eigenvalue weighted by Gasteiger charge is 2.42. The molecule has 1 atom stereocenters. The first-order valence-electron chi connectivity index (χ1n) is 9.69. The van der Waals surface area contributed by atoms with Crippen LogP contribution in [0.5, 0.6) is 5.75 Å². The highest BCUT2D eigenvalue weighted by atomic mass is 16.5. The Morgan fingerprint density at radius 3 is 2.27 bits per heavy atom. The first-order valence-corrected chi connectivity index (χ1v) is 9.69. The molecule has 0 aromatic heterocycles. The lowest BCUT2D eigenvalue weighted by Gasteiger charge is -2.28. The molecule has 26 heavy (non-hydrogen) atoms. The number of carbonyl (C=O) groups is 1. The fraction of sp³-hybridized carbons (Fsp3) is 0.435. The third-order valence-corrected chi connectivity index (χ3v) is 5.52. The summed E-state index contributed by atoms with van der Waals surface area (Å²) in [7, 11) is 0. The van der Waals surface area contributed by atoms with Crippen LogP contribution in [0.3, 0.4) is 0 Å². The van der Waals surface area contributed by atoms with E-state index < -0.39 is 5.41 Å². The lowest BCUT2D eigenvalue weighted by Crippen LogP contribution is -2.38.